The molecular weight excluding hydrogens is 208 g/mol. The fourth-order valence-electron chi connectivity index (χ4n) is 5.25. The summed E-state index contributed by atoms with van der Waals surface area (Å²) >= 11 is 0. The molecule has 2 bridgehead atoms. The molecule has 4 atom stereocenters. The van der Waals surface area contributed by atoms with Gasteiger partial charge in [0.1, 0.15) is 0 Å². The molecular formula is C15H26N2. The average Bonchev–Trinajstić information content (AvgIpc) is 2.39. The molecule has 0 saturated carbocycles. The summed E-state index contributed by atoms with van der Waals surface area (Å²) in [5, 5.41) is 0. The van der Waals surface area contributed by atoms with Gasteiger partial charge in [0, 0.05) is 25.2 Å². The SMILES string of the molecule is C1CCN2C[C@H]3C[C@H](CN4CCCC[C@H]34)C2C1. The van der Waals surface area contributed by atoms with Crippen molar-refractivity contribution in [2.45, 2.75) is 57.0 Å². The molecule has 4 aliphatic heterocycles. The Morgan fingerprint density at radius 2 is 1.18 bits per heavy atom. The summed E-state index contributed by atoms with van der Waals surface area (Å²) in [7, 11) is 0. The molecule has 4 heterocycles. The zero-order valence-corrected chi connectivity index (χ0v) is 11.0. The molecule has 4 saturated heterocycles. The zero-order valence-electron chi connectivity index (χ0n) is 11.0. The van der Waals surface area contributed by atoms with Crippen LogP contribution in [0.5, 0.6) is 0 Å². The molecule has 2 heteroatoms. The lowest BCUT2D eigenvalue weighted by molar-refractivity contribution is -0.0718. The number of nitrogens with zero attached hydrogens (tertiary/aromatic N) is 2. The maximum absolute atomic E-state index is 2.87. The van der Waals surface area contributed by atoms with Crippen molar-refractivity contribution in [1.29, 1.82) is 0 Å². The van der Waals surface area contributed by atoms with Gasteiger partial charge in [-0.25, -0.2) is 0 Å². The molecule has 0 radical (unpaired) electrons. The van der Waals surface area contributed by atoms with E-state index >= 15 is 0 Å². The minimum absolute atomic E-state index is 0.961. The molecule has 0 aliphatic carbocycles. The lowest BCUT2D eigenvalue weighted by atomic mass is 9.71. The number of piperidine rings is 4. The Kier molecular flexibility index (Phi) is 2.69. The van der Waals surface area contributed by atoms with E-state index in [1.165, 1.54) is 64.7 Å². The number of fused-ring (bicyclic) bond motifs is 6. The highest BCUT2D eigenvalue weighted by Crippen LogP contribution is 2.42. The molecule has 0 amide bonds. The topological polar surface area (TPSA) is 6.48 Å². The molecule has 4 fully saturated rings. The van der Waals surface area contributed by atoms with Crippen molar-refractivity contribution in [3.8, 4) is 0 Å². The van der Waals surface area contributed by atoms with Crippen molar-refractivity contribution in [3.63, 3.8) is 0 Å². The minimum Gasteiger partial charge on any atom is -0.300 e. The van der Waals surface area contributed by atoms with Crippen LogP contribution < -0.4 is 0 Å². The number of hydrogen-bond acceptors (Lipinski definition) is 2. The summed E-state index contributed by atoms with van der Waals surface area (Å²) in [6, 6.07) is 1.92. The van der Waals surface area contributed by atoms with Crippen LogP contribution in [0.25, 0.3) is 0 Å². The first-order valence-corrected chi connectivity index (χ1v) is 7.90. The maximum Gasteiger partial charge on any atom is 0.0136 e. The molecule has 96 valence electrons. The van der Waals surface area contributed by atoms with Gasteiger partial charge in [0.2, 0.25) is 0 Å². The Balaban J connectivity index is 1.56. The molecule has 4 aliphatic rings. The van der Waals surface area contributed by atoms with Crippen molar-refractivity contribution < 1.29 is 0 Å². The molecule has 1 unspecified atom stereocenters. The van der Waals surface area contributed by atoms with Gasteiger partial charge in [-0.05, 0) is 57.0 Å². The summed E-state index contributed by atoms with van der Waals surface area (Å²) < 4.78 is 0. The minimum atomic E-state index is 0.961. The van der Waals surface area contributed by atoms with E-state index in [0.717, 1.165) is 23.9 Å². The third-order valence-corrected chi connectivity index (χ3v) is 5.96. The van der Waals surface area contributed by atoms with Gasteiger partial charge in [-0.3, -0.25) is 9.80 Å². The van der Waals surface area contributed by atoms with Gasteiger partial charge in [-0.15, -0.1) is 0 Å². The second-order valence-corrected chi connectivity index (χ2v) is 6.87. The van der Waals surface area contributed by atoms with E-state index in [1.807, 2.05) is 0 Å². The van der Waals surface area contributed by atoms with Crippen molar-refractivity contribution in [2.75, 3.05) is 26.2 Å². The predicted molar refractivity (Wildman–Crippen MR) is 70.0 cm³/mol. The fraction of sp³-hybridized carbons (Fsp3) is 1.00. The summed E-state index contributed by atoms with van der Waals surface area (Å²) in [5.41, 5.74) is 0. The fourth-order valence-corrected chi connectivity index (χ4v) is 5.25. The second kappa shape index (κ2) is 4.24. The van der Waals surface area contributed by atoms with E-state index in [1.54, 1.807) is 6.42 Å². The van der Waals surface area contributed by atoms with E-state index in [4.69, 9.17) is 0 Å². The summed E-state index contributed by atoms with van der Waals surface area (Å²) in [4.78, 5) is 5.74. The molecule has 4 rings (SSSR count). The second-order valence-electron chi connectivity index (χ2n) is 6.87. The Morgan fingerprint density at radius 3 is 1.71 bits per heavy atom. The van der Waals surface area contributed by atoms with Gasteiger partial charge < -0.3 is 0 Å². The van der Waals surface area contributed by atoms with Crippen molar-refractivity contribution >= 4 is 0 Å². The monoisotopic (exact) mass is 234 g/mol. The highest BCUT2D eigenvalue weighted by atomic mass is 15.3. The van der Waals surface area contributed by atoms with Crippen molar-refractivity contribution in [1.82, 2.24) is 9.80 Å². The van der Waals surface area contributed by atoms with Crippen LogP contribution in [0.15, 0.2) is 0 Å². The molecule has 0 spiro atoms. The van der Waals surface area contributed by atoms with Gasteiger partial charge in [0.25, 0.3) is 0 Å². The van der Waals surface area contributed by atoms with Crippen LogP contribution >= 0.6 is 0 Å². The third kappa shape index (κ3) is 1.76. The Bertz CT molecular complexity index is 263. The number of rotatable bonds is 0. The van der Waals surface area contributed by atoms with Crippen LogP contribution in [0, 0.1) is 11.8 Å². The average molecular weight is 234 g/mol. The quantitative estimate of drug-likeness (QED) is 0.635. The third-order valence-electron chi connectivity index (χ3n) is 5.96. The molecule has 0 aromatic carbocycles. The first kappa shape index (κ1) is 10.8. The highest BCUT2D eigenvalue weighted by Gasteiger charge is 2.46. The van der Waals surface area contributed by atoms with Gasteiger partial charge in [-0.2, -0.15) is 0 Å². The highest BCUT2D eigenvalue weighted by molar-refractivity contribution is 5.00. The summed E-state index contributed by atoms with van der Waals surface area (Å²) in [5.74, 6) is 2.03. The molecule has 0 N–H and O–H groups in total. The summed E-state index contributed by atoms with van der Waals surface area (Å²) in [6.45, 7) is 5.68. The lowest BCUT2D eigenvalue weighted by Gasteiger charge is -2.57. The number of hydrogen-bond donors (Lipinski definition) is 0. The van der Waals surface area contributed by atoms with Crippen molar-refractivity contribution in [3.05, 3.63) is 0 Å². The first-order valence-electron chi connectivity index (χ1n) is 7.90. The van der Waals surface area contributed by atoms with E-state index in [9.17, 15) is 0 Å². The van der Waals surface area contributed by atoms with E-state index < -0.39 is 0 Å². The van der Waals surface area contributed by atoms with E-state index in [0.29, 0.717) is 0 Å². The first-order chi connectivity index (χ1) is 8.42. The van der Waals surface area contributed by atoms with Gasteiger partial charge in [0.05, 0.1) is 0 Å². The maximum atomic E-state index is 2.87. The summed E-state index contributed by atoms with van der Waals surface area (Å²) in [6.07, 6.45) is 10.5. The lowest BCUT2D eigenvalue weighted by Crippen LogP contribution is -2.63. The van der Waals surface area contributed by atoms with Crippen LogP contribution in [0.3, 0.4) is 0 Å². The molecule has 2 nitrogen and oxygen atoms in total. The van der Waals surface area contributed by atoms with Crippen LogP contribution in [0.2, 0.25) is 0 Å². The van der Waals surface area contributed by atoms with E-state index in [2.05, 4.69) is 9.80 Å². The van der Waals surface area contributed by atoms with Gasteiger partial charge in [0.15, 0.2) is 0 Å². The van der Waals surface area contributed by atoms with Gasteiger partial charge >= 0.3 is 0 Å². The Morgan fingerprint density at radius 1 is 0.647 bits per heavy atom. The van der Waals surface area contributed by atoms with Crippen molar-refractivity contribution in [2.24, 2.45) is 11.8 Å². The normalized spacial score (nSPS) is 47.3. The van der Waals surface area contributed by atoms with Gasteiger partial charge in [-0.1, -0.05) is 12.8 Å². The zero-order chi connectivity index (χ0) is 11.2. The smallest absolute Gasteiger partial charge is 0.0136 e. The Labute approximate surface area is 105 Å². The molecule has 0 aromatic heterocycles. The van der Waals surface area contributed by atoms with Crippen LogP contribution in [0.1, 0.15) is 44.9 Å². The molecule has 0 aromatic rings. The largest absolute Gasteiger partial charge is 0.300 e. The van der Waals surface area contributed by atoms with Crippen LogP contribution in [-0.2, 0) is 0 Å². The van der Waals surface area contributed by atoms with Crippen LogP contribution in [-0.4, -0.2) is 48.1 Å². The van der Waals surface area contributed by atoms with Crippen LogP contribution in [0.4, 0.5) is 0 Å². The predicted octanol–water partition coefficient (Wildman–Crippen LogP) is 2.35. The molecule has 17 heavy (non-hydrogen) atoms. The standard InChI is InChI=1S/C15H26N2/c1-3-7-16-11-13-9-12(14(16)5-1)10-17-8-4-2-6-15(13)17/h12-15H,1-11H2/t12-,13-,14-,15?/m1/s1. The van der Waals surface area contributed by atoms with E-state index in [-0.39, 0.29) is 0 Å². The Hall–Kier alpha value is -0.0800.